The molecule has 0 spiro atoms. The highest BCUT2D eigenvalue weighted by molar-refractivity contribution is 7.99. The summed E-state index contributed by atoms with van der Waals surface area (Å²) in [6.45, 7) is 1.10. The number of ether oxygens (including phenoxy) is 1. The van der Waals surface area contributed by atoms with Crippen molar-refractivity contribution in [3.05, 3.63) is 59.1 Å². The van der Waals surface area contributed by atoms with Crippen LogP contribution in [-0.4, -0.2) is 57.1 Å². The van der Waals surface area contributed by atoms with Gasteiger partial charge in [0.1, 0.15) is 5.82 Å². The maximum atomic E-state index is 14.0. The summed E-state index contributed by atoms with van der Waals surface area (Å²) >= 11 is 7.33. The van der Waals surface area contributed by atoms with Gasteiger partial charge in [-0.3, -0.25) is 14.3 Å². The summed E-state index contributed by atoms with van der Waals surface area (Å²) in [4.78, 5) is 18.1. The second kappa shape index (κ2) is 10.5. The molecule has 158 valence electrons. The standard InChI is InChI=1S/C20H21ClFN5O2S/c1-26(12-15-16(21)4-3-5-17(15)22)18(28)13-30-20-25-24-19(27(20)10-11-29-2)14-6-8-23-9-7-14/h3-9H,10-13H2,1-2H3. The average molecular weight is 450 g/mol. The minimum Gasteiger partial charge on any atom is -0.383 e. The summed E-state index contributed by atoms with van der Waals surface area (Å²) in [6, 6.07) is 8.16. The van der Waals surface area contributed by atoms with Crippen molar-refractivity contribution in [3.63, 3.8) is 0 Å². The van der Waals surface area contributed by atoms with Crippen molar-refractivity contribution in [1.29, 1.82) is 0 Å². The molecule has 0 fully saturated rings. The Kier molecular flexibility index (Phi) is 7.78. The van der Waals surface area contributed by atoms with Crippen LogP contribution >= 0.6 is 23.4 Å². The maximum Gasteiger partial charge on any atom is 0.233 e. The largest absolute Gasteiger partial charge is 0.383 e. The molecule has 1 amide bonds. The van der Waals surface area contributed by atoms with Crippen LogP contribution in [0.1, 0.15) is 5.56 Å². The molecule has 0 atom stereocenters. The molecule has 0 N–H and O–H groups in total. The maximum absolute atomic E-state index is 14.0. The predicted octanol–water partition coefficient (Wildman–Crippen LogP) is 3.53. The molecule has 30 heavy (non-hydrogen) atoms. The zero-order valence-electron chi connectivity index (χ0n) is 16.6. The lowest BCUT2D eigenvalue weighted by atomic mass is 10.2. The summed E-state index contributed by atoms with van der Waals surface area (Å²) in [6.07, 6.45) is 3.37. The summed E-state index contributed by atoms with van der Waals surface area (Å²) < 4.78 is 21.1. The quantitative estimate of drug-likeness (QED) is 0.465. The molecule has 7 nitrogen and oxygen atoms in total. The number of hydrogen-bond acceptors (Lipinski definition) is 6. The van der Waals surface area contributed by atoms with Gasteiger partial charge >= 0.3 is 0 Å². The number of amides is 1. The van der Waals surface area contributed by atoms with Crippen molar-refractivity contribution in [2.45, 2.75) is 18.2 Å². The van der Waals surface area contributed by atoms with Gasteiger partial charge in [-0.1, -0.05) is 29.4 Å². The molecule has 3 aromatic rings. The molecular weight excluding hydrogens is 429 g/mol. The van der Waals surface area contributed by atoms with E-state index in [2.05, 4.69) is 15.2 Å². The second-order valence-electron chi connectivity index (χ2n) is 6.43. The molecule has 0 bridgehead atoms. The highest BCUT2D eigenvalue weighted by Crippen LogP contribution is 2.25. The number of carbonyl (C=O) groups is 1. The van der Waals surface area contributed by atoms with Crippen LogP contribution in [0.4, 0.5) is 4.39 Å². The fourth-order valence-corrected chi connectivity index (χ4v) is 3.87. The number of nitrogens with zero attached hydrogens (tertiary/aromatic N) is 5. The predicted molar refractivity (Wildman–Crippen MR) is 114 cm³/mol. The Morgan fingerprint density at radius 2 is 2.03 bits per heavy atom. The normalized spacial score (nSPS) is 10.9. The summed E-state index contributed by atoms with van der Waals surface area (Å²) in [7, 11) is 3.24. The smallest absolute Gasteiger partial charge is 0.233 e. The molecule has 0 aliphatic carbocycles. The van der Waals surface area contributed by atoms with Crippen molar-refractivity contribution < 1.29 is 13.9 Å². The van der Waals surface area contributed by atoms with E-state index in [1.807, 2.05) is 16.7 Å². The fraction of sp³-hybridized carbons (Fsp3) is 0.300. The number of thioether (sulfide) groups is 1. The third-order valence-electron chi connectivity index (χ3n) is 4.38. The first-order valence-corrected chi connectivity index (χ1v) is 10.5. The Hall–Kier alpha value is -2.49. The minimum absolute atomic E-state index is 0.0868. The van der Waals surface area contributed by atoms with Crippen LogP contribution in [0.15, 0.2) is 47.9 Å². The Balaban J connectivity index is 1.70. The van der Waals surface area contributed by atoms with Crippen LogP contribution in [0, 0.1) is 5.82 Å². The molecular formula is C20H21ClFN5O2S. The molecule has 0 saturated heterocycles. The topological polar surface area (TPSA) is 73.1 Å². The van der Waals surface area contributed by atoms with Gasteiger partial charge < -0.3 is 9.64 Å². The first kappa shape index (κ1) is 22.2. The number of rotatable bonds is 9. The van der Waals surface area contributed by atoms with E-state index in [0.717, 1.165) is 5.56 Å². The van der Waals surface area contributed by atoms with Gasteiger partial charge in [0.25, 0.3) is 0 Å². The van der Waals surface area contributed by atoms with Crippen LogP contribution in [0.25, 0.3) is 11.4 Å². The van der Waals surface area contributed by atoms with E-state index >= 15 is 0 Å². The van der Waals surface area contributed by atoms with E-state index in [9.17, 15) is 9.18 Å². The lowest BCUT2D eigenvalue weighted by Crippen LogP contribution is -2.28. The van der Waals surface area contributed by atoms with Crippen molar-refractivity contribution in [2.24, 2.45) is 0 Å². The van der Waals surface area contributed by atoms with Crippen LogP contribution in [0.3, 0.4) is 0 Å². The second-order valence-corrected chi connectivity index (χ2v) is 7.77. The third-order valence-corrected chi connectivity index (χ3v) is 5.69. The molecule has 0 unspecified atom stereocenters. The van der Waals surface area contributed by atoms with E-state index in [-0.39, 0.29) is 18.2 Å². The van der Waals surface area contributed by atoms with E-state index in [1.165, 1.54) is 28.8 Å². The zero-order valence-corrected chi connectivity index (χ0v) is 18.2. The Morgan fingerprint density at radius 1 is 1.27 bits per heavy atom. The molecule has 3 rings (SSSR count). The monoisotopic (exact) mass is 449 g/mol. The molecule has 10 heteroatoms. The number of hydrogen-bond donors (Lipinski definition) is 0. The number of carbonyl (C=O) groups excluding carboxylic acids is 1. The summed E-state index contributed by atoms with van der Waals surface area (Å²) in [5.41, 5.74) is 1.17. The summed E-state index contributed by atoms with van der Waals surface area (Å²) in [5.74, 6) is 0.197. The van der Waals surface area contributed by atoms with Crippen LogP contribution in [0.5, 0.6) is 0 Å². The summed E-state index contributed by atoms with van der Waals surface area (Å²) in [5, 5.41) is 9.40. The molecule has 0 saturated carbocycles. The number of aromatic nitrogens is 4. The molecule has 2 heterocycles. The SMILES string of the molecule is COCCn1c(SCC(=O)N(C)Cc2c(F)cccc2Cl)nnc1-c1ccncc1. The Bertz CT molecular complexity index is 982. The van der Waals surface area contributed by atoms with E-state index in [0.29, 0.717) is 34.7 Å². The van der Waals surface area contributed by atoms with Gasteiger partial charge in [0.05, 0.1) is 18.9 Å². The van der Waals surface area contributed by atoms with E-state index < -0.39 is 5.82 Å². The van der Waals surface area contributed by atoms with Crippen molar-refractivity contribution in [3.8, 4) is 11.4 Å². The Morgan fingerprint density at radius 3 is 2.73 bits per heavy atom. The van der Waals surface area contributed by atoms with Crippen molar-refractivity contribution in [2.75, 3.05) is 26.5 Å². The fourth-order valence-electron chi connectivity index (χ4n) is 2.74. The first-order chi connectivity index (χ1) is 14.5. The van der Waals surface area contributed by atoms with Gasteiger partial charge in [-0.25, -0.2) is 4.39 Å². The lowest BCUT2D eigenvalue weighted by Gasteiger charge is -2.18. The minimum atomic E-state index is -0.434. The van der Waals surface area contributed by atoms with Gasteiger partial charge in [0, 0.05) is 49.2 Å². The lowest BCUT2D eigenvalue weighted by molar-refractivity contribution is -0.127. The molecule has 0 radical (unpaired) electrons. The molecule has 0 aliphatic heterocycles. The number of benzene rings is 1. The van der Waals surface area contributed by atoms with Gasteiger partial charge in [0.15, 0.2) is 11.0 Å². The van der Waals surface area contributed by atoms with Crippen LogP contribution in [-0.2, 0) is 22.6 Å². The van der Waals surface area contributed by atoms with Crippen LogP contribution in [0.2, 0.25) is 5.02 Å². The first-order valence-electron chi connectivity index (χ1n) is 9.13. The van der Waals surface area contributed by atoms with Gasteiger partial charge in [-0.05, 0) is 24.3 Å². The number of pyridine rings is 1. The van der Waals surface area contributed by atoms with Gasteiger partial charge in [-0.2, -0.15) is 0 Å². The number of halogens is 2. The van der Waals surface area contributed by atoms with Crippen LogP contribution < -0.4 is 0 Å². The van der Waals surface area contributed by atoms with Crippen molar-refractivity contribution >= 4 is 29.3 Å². The Labute approximate surface area is 183 Å². The van der Waals surface area contributed by atoms with Gasteiger partial charge in [-0.15, -0.1) is 10.2 Å². The average Bonchev–Trinajstić information content (AvgIpc) is 3.16. The molecule has 0 aliphatic rings. The van der Waals surface area contributed by atoms with E-state index in [4.69, 9.17) is 16.3 Å². The highest BCUT2D eigenvalue weighted by Gasteiger charge is 2.18. The number of methoxy groups -OCH3 is 1. The zero-order chi connectivity index (χ0) is 21.5. The molecule has 2 aromatic heterocycles. The third kappa shape index (κ3) is 5.35. The highest BCUT2D eigenvalue weighted by atomic mass is 35.5. The van der Waals surface area contributed by atoms with Crippen molar-refractivity contribution in [1.82, 2.24) is 24.6 Å². The van der Waals surface area contributed by atoms with Gasteiger partial charge in [0.2, 0.25) is 5.91 Å². The van der Waals surface area contributed by atoms with E-state index in [1.54, 1.807) is 32.6 Å². The molecule has 1 aromatic carbocycles.